The summed E-state index contributed by atoms with van der Waals surface area (Å²) in [4.78, 5) is 4.18. The Labute approximate surface area is 101 Å². The molecule has 0 fully saturated rings. The highest BCUT2D eigenvalue weighted by Gasteiger charge is 2.09. The van der Waals surface area contributed by atoms with Crippen molar-refractivity contribution in [1.29, 1.82) is 0 Å². The lowest BCUT2D eigenvalue weighted by Gasteiger charge is -2.17. The fourth-order valence-corrected chi connectivity index (χ4v) is 1.64. The van der Waals surface area contributed by atoms with Crippen LogP contribution in [0, 0.1) is 12.8 Å². The highest BCUT2D eigenvalue weighted by atomic mass is 15.3. The SMILES string of the molecule is Cc1cc(NCC(N)C(C)C)n2ncnc2c1. The van der Waals surface area contributed by atoms with Gasteiger partial charge < -0.3 is 11.1 Å². The van der Waals surface area contributed by atoms with Crippen molar-refractivity contribution in [2.24, 2.45) is 11.7 Å². The van der Waals surface area contributed by atoms with Gasteiger partial charge >= 0.3 is 0 Å². The van der Waals surface area contributed by atoms with Gasteiger partial charge in [-0.2, -0.15) is 9.61 Å². The van der Waals surface area contributed by atoms with Crippen molar-refractivity contribution in [2.45, 2.75) is 26.8 Å². The van der Waals surface area contributed by atoms with E-state index in [1.807, 2.05) is 13.0 Å². The first-order valence-electron chi connectivity index (χ1n) is 5.88. The number of aryl methyl sites for hydroxylation is 1. The fourth-order valence-electron chi connectivity index (χ4n) is 1.64. The number of nitrogens with zero attached hydrogens (tertiary/aromatic N) is 3. The minimum Gasteiger partial charge on any atom is -0.368 e. The van der Waals surface area contributed by atoms with Crippen LogP contribution < -0.4 is 11.1 Å². The van der Waals surface area contributed by atoms with Crippen LogP contribution in [-0.2, 0) is 0 Å². The van der Waals surface area contributed by atoms with Crippen LogP contribution in [0.25, 0.3) is 5.65 Å². The summed E-state index contributed by atoms with van der Waals surface area (Å²) in [6.45, 7) is 7.01. The molecule has 1 unspecified atom stereocenters. The van der Waals surface area contributed by atoms with Gasteiger partial charge in [-0.25, -0.2) is 4.98 Å². The van der Waals surface area contributed by atoms with E-state index in [0.717, 1.165) is 23.6 Å². The Morgan fingerprint density at radius 2 is 2.18 bits per heavy atom. The average molecular weight is 233 g/mol. The van der Waals surface area contributed by atoms with Gasteiger partial charge in [-0.1, -0.05) is 13.8 Å². The first-order chi connectivity index (χ1) is 8.08. The standard InChI is InChI=1S/C12H19N5/c1-8(2)10(13)6-14-11-4-9(3)5-12-15-7-16-17(11)12/h4-5,7-8,10,14H,6,13H2,1-3H3. The van der Waals surface area contributed by atoms with Crippen LogP contribution in [-0.4, -0.2) is 27.2 Å². The van der Waals surface area contributed by atoms with E-state index in [1.54, 1.807) is 10.8 Å². The molecular weight excluding hydrogens is 214 g/mol. The van der Waals surface area contributed by atoms with Crippen LogP contribution in [0.15, 0.2) is 18.5 Å². The maximum absolute atomic E-state index is 6.01. The number of nitrogens with one attached hydrogen (secondary N) is 1. The Morgan fingerprint density at radius 3 is 2.88 bits per heavy atom. The zero-order valence-corrected chi connectivity index (χ0v) is 10.5. The molecule has 2 rings (SSSR count). The van der Waals surface area contributed by atoms with E-state index in [4.69, 9.17) is 5.73 Å². The summed E-state index contributed by atoms with van der Waals surface area (Å²) in [5.74, 6) is 1.40. The van der Waals surface area contributed by atoms with Gasteiger partial charge in [0, 0.05) is 12.6 Å². The summed E-state index contributed by atoms with van der Waals surface area (Å²) < 4.78 is 1.79. The molecule has 0 bridgehead atoms. The third kappa shape index (κ3) is 2.55. The molecule has 2 heterocycles. The second-order valence-corrected chi connectivity index (χ2v) is 4.74. The second kappa shape index (κ2) is 4.71. The third-order valence-corrected chi connectivity index (χ3v) is 2.90. The van der Waals surface area contributed by atoms with Crippen LogP contribution in [0.5, 0.6) is 0 Å². The topological polar surface area (TPSA) is 68.2 Å². The normalized spacial score (nSPS) is 13.2. The second-order valence-electron chi connectivity index (χ2n) is 4.74. The van der Waals surface area contributed by atoms with Gasteiger partial charge in [0.15, 0.2) is 5.65 Å². The van der Waals surface area contributed by atoms with E-state index in [0.29, 0.717) is 5.92 Å². The van der Waals surface area contributed by atoms with E-state index in [1.165, 1.54) is 0 Å². The van der Waals surface area contributed by atoms with E-state index >= 15 is 0 Å². The predicted molar refractivity (Wildman–Crippen MR) is 69.0 cm³/mol. The number of pyridine rings is 1. The number of hydrogen-bond donors (Lipinski definition) is 2. The van der Waals surface area contributed by atoms with Gasteiger partial charge in [-0.15, -0.1) is 0 Å². The van der Waals surface area contributed by atoms with Gasteiger partial charge in [-0.05, 0) is 30.5 Å². The maximum Gasteiger partial charge on any atom is 0.157 e. The smallest absolute Gasteiger partial charge is 0.157 e. The Kier molecular flexibility index (Phi) is 3.28. The molecule has 17 heavy (non-hydrogen) atoms. The van der Waals surface area contributed by atoms with Crippen LogP contribution in [0.4, 0.5) is 5.82 Å². The zero-order valence-electron chi connectivity index (χ0n) is 10.5. The average Bonchev–Trinajstić information content (AvgIpc) is 2.72. The molecule has 92 valence electrons. The van der Waals surface area contributed by atoms with E-state index in [-0.39, 0.29) is 6.04 Å². The molecule has 1 atom stereocenters. The highest BCUT2D eigenvalue weighted by Crippen LogP contribution is 2.13. The number of hydrogen-bond acceptors (Lipinski definition) is 4. The molecule has 5 nitrogen and oxygen atoms in total. The first-order valence-corrected chi connectivity index (χ1v) is 5.88. The molecule has 0 spiro atoms. The minimum absolute atomic E-state index is 0.133. The first kappa shape index (κ1) is 11.9. The van der Waals surface area contributed by atoms with Gasteiger partial charge in [-0.3, -0.25) is 0 Å². The molecular formula is C12H19N5. The van der Waals surface area contributed by atoms with Crippen molar-refractivity contribution in [3.63, 3.8) is 0 Å². The zero-order chi connectivity index (χ0) is 12.4. The molecule has 0 saturated carbocycles. The number of aromatic nitrogens is 3. The Bertz CT molecular complexity index is 503. The number of rotatable bonds is 4. The molecule has 2 aromatic rings. The Morgan fingerprint density at radius 1 is 1.41 bits per heavy atom. The van der Waals surface area contributed by atoms with E-state index < -0.39 is 0 Å². The summed E-state index contributed by atoms with van der Waals surface area (Å²) >= 11 is 0. The van der Waals surface area contributed by atoms with Crippen molar-refractivity contribution < 1.29 is 0 Å². The van der Waals surface area contributed by atoms with Crippen molar-refractivity contribution in [3.8, 4) is 0 Å². The van der Waals surface area contributed by atoms with E-state index in [9.17, 15) is 0 Å². The highest BCUT2D eigenvalue weighted by molar-refractivity contribution is 5.51. The maximum atomic E-state index is 6.01. The van der Waals surface area contributed by atoms with Crippen LogP contribution in [0.2, 0.25) is 0 Å². The van der Waals surface area contributed by atoms with E-state index in [2.05, 4.69) is 35.3 Å². The van der Waals surface area contributed by atoms with Gasteiger partial charge in [0.1, 0.15) is 12.1 Å². The summed E-state index contributed by atoms with van der Waals surface area (Å²) in [6.07, 6.45) is 1.56. The summed E-state index contributed by atoms with van der Waals surface area (Å²) in [5.41, 5.74) is 8.02. The lowest BCUT2D eigenvalue weighted by Crippen LogP contribution is -2.34. The minimum atomic E-state index is 0.133. The summed E-state index contributed by atoms with van der Waals surface area (Å²) in [6, 6.07) is 4.18. The fraction of sp³-hybridized carbons (Fsp3) is 0.500. The van der Waals surface area contributed by atoms with Crippen molar-refractivity contribution >= 4 is 11.5 Å². The molecule has 3 N–H and O–H groups in total. The van der Waals surface area contributed by atoms with Crippen LogP contribution >= 0.6 is 0 Å². The van der Waals surface area contributed by atoms with Crippen molar-refractivity contribution in [2.75, 3.05) is 11.9 Å². The van der Waals surface area contributed by atoms with Crippen LogP contribution in [0.1, 0.15) is 19.4 Å². The predicted octanol–water partition coefficient (Wildman–Crippen LogP) is 1.43. The molecule has 0 aliphatic carbocycles. The molecule has 0 amide bonds. The summed E-state index contributed by atoms with van der Waals surface area (Å²) in [7, 11) is 0. The van der Waals surface area contributed by atoms with Gasteiger partial charge in [0.2, 0.25) is 0 Å². The largest absolute Gasteiger partial charge is 0.368 e. The van der Waals surface area contributed by atoms with Gasteiger partial charge in [0.05, 0.1) is 0 Å². The lowest BCUT2D eigenvalue weighted by molar-refractivity contribution is 0.510. The molecule has 0 aromatic carbocycles. The molecule has 5 heteroatoms. The monoisotopic (exact) mass is 233 g/mol. The van der Waals surface area contributed by atoms with Crippen molar-refractivity contribution in [3.05, 3.63) is 24.0 Å². The number of nitrogens with two attached hydrogens (primary N) is 1. The molecule has 0 radical (unpaired) electrons. The Hall–Kier alpha value is -1.62. The van der Waals surface area contributed by atoms with Crippen molar-refractivity contribution in [1.82, 2.24) is 14.6 Å². The molecule has 2 aromatic heterocycles. The lowest BCUT2D eigenvalue weighted by atomic mass is 10.1. The third-order valence-electron chi connectivity index (χ3n) is 2.90. The summed E-state index contributed by atoms with van der Waals surface area (Å²) in [5, 5.41) is 7.52. The molecule has 0 saturated heterocycles. The number of fused-ring (bicyclic) bond motifs is 1. The molecule has 0 aliphatic heterocycles. The Balaban J connectivity index is 2.20. The van der Waals surface area contributed by atoms with Gasteiger partial charge in [0.25, 0.3) is 0 Å². The quantitative estimate of drug-likeness (QED) is 0.838. The molecule has 0 aliphatic rings. The van der Waals surface area contributed by atoms with Crippen LogP contribution in [0.3, 0.4) is 0 Å². The number of anilines is 1.